The molecule has 0 radical (unpaired) electrons. The number of pyridine rings is 1. The highest BCUT2D eigenvalue weighted by Crippen LogP contribution is 2.40. The first kappa shape index (κ1) is 18.9. The van der Waals surface area contributed by atoms with Gasteiger partial charge in [-0.25, -0.2) is 0 Å². The van der Waals surface area contributed by atoms with E-state index in [1.807, 2.05) is 0 Å². The summed E-state index contributed by atoms with van der Waals surface area (Å²) in [4.78, 5) is 28.3. The maximum absolute atomic E-state index is 13.7. The highest BCUT2D eigenvalue weighted by molar-refractivity contribution is 5.93. The second-order valence-corrected chi connectivity index (χ2v) is 6.60. The Balaban J connectivity index is 2.03. The summed E-state index contributed by atoms with van der Waals surface area (Å²) >= 11 is 0. The number of halogens is 3. The minimum absolute atomic E-state index is 0.153. The van der Waals surface area contributed by atoms with E-state index in [0.717, 1.165) is 18.9 Å². The van der Waals surface area contributed by atoms with Crippen molar-refractivity contribution in [2.24, 2.45) is 11.7 Å². The summed E-state index contributed by atoms with van der Waals surface area (Å²) in [6, 6.07) is 6.60. The summed E-state index contributed by atoms with van der Waals surface area (Å²) in [5, 5.41) is 0. The minimum atomic E-state index is -4.63. The molecule has 0 aliphatic heterocycles. The third kappa shape index (κ3) is 4.27. The maximum atomic E-state index is 13.7. The molecule has 0 spiro atoms. The molecule has 27 heavy (non-hydrogen) atoms. The average molecular weight is 377 g/mol. The van der Waals surface area contributed by atoms with E-state index < -0.39 is 23.6 Å². The van der Waals surface area contributed by atoms with Gasteiger partial charge >= 0.3 is 6.18 Å². The normalized spacial score (nSPS) is 14.1. The molecule has 0 saturated heterocycles. The third-order valence-corrected chi connectivity index (χ3v) is 4.45. The minimum Gasteiger partial charge on any atom is -0.366 e. The van der Waals surface area contributed by atoms with Crippen molar-refractivity contribution in [3.8, 4) is 11.3 Å². The summed E-state index contributed by atoms with van der Waals surface area (Å²) in [5.74, 6) is -0.848. The van der Waals surface area contributed by atoms with Gasteiger partial charge in [0.15, 0.2) is 0 Å². The van der Waals surface area contributed by atoms with Crippen LogP contribution in [0.4, 0.5) is 18.9 Å². The fourth-order valence-electron chi connectivity index (χ4n) is 2.82. The molecular weight excluding hydrogens is 359 g/mol. The molecule has 2 aromatic rings. The number of nitrogens with two attached hydrogens (primary N) is 1. The second kappa shape index (κ2) is 7.02. The molecule has 1 fully saturated rings. The Morgan fingerprint density at radius 2 is 1.93 bits per heavy atom. The van der Waals surface area contributed by atoms with Gasteiger partial charge in [-0.3, -0.25) is 14.6 Å². The molecule has 0 bridgehead atoms. The monoisotopic (exact) mass is 377 g/mol. The zero-order chi connectivity index (χ0) is 19.8. The van der Waals surface area contributed by atoms with Crippen molar-refractivity contribution in [1.82, 2.24) is 4.98 Å². The van der Waals surface area contributed by atoms with Crippen molar-refractivity contribution < 1.29 is 22.8 Å². The molecule has 3 rings (SSSR count). The SMILES string of the molecule is CC(=O)N(CC1CC1)c1ccc(-c2ccc(C(N)=O)cn2)cc1C(F)(F)F. The van der Waals surface area contributed by atoms with E-state index in [1.165, 1.54) is 42.3 Å². The predicted molar refractivity (Wildman–Crippen MR) is 93.9 cm³/mol. The molecule has 0 unspecified atom stereocenters. The quantitative estimate of drug-likeness (QED) is 0.864. The molecule has 1 heterocycles. The smallest absolute Gasteiger partial charge is 0.366 e. The zero-order valence-corrected chi connectivity index (χ0v) is 14.6. The lowest BCUT2D eigenvalue weighted by Gasteiger charge is -2.25. The molecule has 142 valence electrons. The van der Waals surface area contributed by atoms with E-state index in [4.69, 9.17) is 5.73 Å². The van der Waals surface area contributed by atoms with Crippen LogP contribution in [-0.4, -0.2) is 23.3 Å². The summed E-state index contributed by atoms with van der Waals surface area (Å²) in [5.41, 5.74) is 4.77. The molecule has 1 aliphatic rings. The maximum Gasteiger partial charge on any atom is 0.418 e. The number of amides is 2. The fourth-order valence-corrected chi connectivity index (χ4v) is 2.82. The van der Waals surface area contributed by atoms with Gasteiger partial charge in [-0.1, -0.05) is 6.07 Å². The van der Waals surface area contributed by atoms with Crippen molar-refractivity contribution in [2.75, 3.05) is 11.4 Å². The summed E-state index contributed by atoms with van der Waals surface area (Å²) in [6.45, 7) is 1.55. The van der Waals surface area contributed by atoms with Crippen LogP contribution < -0.4 is 10.6 Å². The number of carbonyl (C=O) groups is 2. The van der Waals surface area contributed by atoms with Crippen LogP contribution >= 0.6 is 0 Å². The number of rotatable bonds is 5. The number of primary amides is 1. The molecule has 8 heteroatoms. The zero-order valence-electron chi connectivity index (χ0n) is 14.6. The molecule has 1 aromatic carbocycles. The van der Waals surface area contributed by atoms with Crippen LogP contribution in [0.5, 0.6) is 0 Å². The number of nitrogens with zero attached hydrogens (tertiary/aromatic N) is 2. The largest absolute Gasteiger partial charge is 0.418 e. The molecule has 1 aromatic heterocycles. The number of aromatic nitrogens is 1. The lowest BCUT2D eigenvalue weighted by Crippen LogP contribution is -2.32. The van der Waals surface area contributed by atoms with Gasteiger partial charge < -0.3 is 10.6 Å². The van der Waals surface area contributed by atoms with E-state index in [9.17, 15) is 22.8 Å². The van der Waals surface area contributed by atoms with E-state index >= 15 is 0 Å². The molecular formula is C19H18F3N3O2. The van der Waals surface area contributed by atoms with Gasteiger partial charge in [0.25, 0.3) is 0 Å². The molecule has 2 N–H and O–H groups in total. The van der Waals surface area contributed by atoms with Gasteiger partial charge in [0.05, 0.1) is 22.5 Å². The average Bonchev–Trinajstić information content (AvgIpc) is 3.42. The van der Waals surface area contributed by atoms with Crippen molar-refractivity contribution in [3.63, 3.8) is 0 Å². The van der Waals surface area contributed by atoms with Gasteiger partial charge in [0.1, 0.15) is 0 Å². The van der Waals surface area contributed by atoms with Gasteiger partial charge in [-0.2, -0.15) is 13.2 Å². The third-order valence-electron chi connectivity index (χ3n) is 4.45. The van der Waals surface area contributed by atoms with Crippen LogP contribution in [0.1, 0.15) is 35.7 Å². The Kier molecular flexibility index (Phi) is 4.91. The second-order valence-electron chi connectivity index (χ2n) is 6.60. The number of anilines is 1. The Labute approximate surface area is 154 Å². The van der Waals surface area contributed by atoms with Crippen LogP contribution in [0.15, 0.2) is 36.5 Å². The van der Waals surface area contributed by atoms with Crippen molar-refractivity contribution in [1.29, 1.82) is 0 Å². The summed E-state index contributed by atoms with van der Waals surface area (Å²) in [7, 11) is 0. The first-order chi connectivity index (χ1) is 12.7. The van der Waals surface area contributed by atoms with Crippen LogP contribution in [0.3, 0.4) is 0 Å². The Hall–Kier alpha value is -2.90. The number of alkyl halides is 3. The van der Waals surface area contributed by atoms with E-state index in [-0.39, 0.29) is 35.0 Å². The van der Waals surface area contributed by atoms with Crippen LogP contribution in [-0.2, 0) is 11.0 Å². The summed E-state index contributed by atoms with van der Waals surface area (Å²) in [6.07, 6.45) is -1.58. The first-order valence-electron chi connectivity index (χ1n) is 8.42. The van der Waals surface area contributed by atoms with Crippen LogP contribution in [0.25, 0.3) is 11.3 Å². The number of hydrogen-bond donors (Lipinski definition) is 1. The van der Waals surface area contributed by atoms with Crippen LogP contribution in [0, 0.1) is 5.92 Å². The van der Waals surface area contributed by atoms with Gasteiger partial charge in [0.2, 0.25) is 11.8 Å². The standard InChI is InChI=1S/C19H18F3N3O2/c1-11(26)25(10-12-2-3-12)17-7-5-13(8-15(17)19(20,21)22)16-6-4-14(9-24-16)18(23)27/h4-9,12H,2-3,10H2,1H3,(H2,23,27). The molecule has 2 amide bonds. The molecule has 1 aliphatic carbocycles. The van der Waals surface area contributed by atoms with Crippen LogP contribution in [0.2, 0.25) is 0 Å². The number of hydrogen-bond acceptors (Lipinski definition) is 3. The number of carbonyl (C=O) groups excluding carboxylic acids is 2. The lowest BCUT2D eigenvalue weighted by molar-refractivity contribution is -0.137. The Bertz CT molecular complexity index is 875. The topological polar surface area (TPSA) is 76.3 Å². The molecule has 5 nitrogen and oxygen atoms in total. The molecule has 0 atom stereocenters. The van der Waals surface area contributed by atoms with Crippen molar-refractivity contribution >= 4 is 17.5 Å². The Morgan fingerprint density at radius 3 is 2.41 bits per heavy atom. The van der Waals surface area contributed by atoms with E-state index in [2.05, 4.69) is 4.98 Å². The highest BCUT2D eigenvalue weighted by atomic mass is 19.4. The van der Waals surface area contributed by atoms with Crippen molar-refractivity contribution in [2.45, 2.75) is 25.9 Å². The van der Waals surface area contributed by atoms with Crippen molar-refractivity contribution in [3.05, 3.63) is 47.7 Å². The highest BCUT2D eigenvalue weighted by Gasteiger charge is 2.37. The lowest BCUT2D eigenvalue weighted by atomic mass is 10.0. The van der Waals surface area contributed by atoms with Gasteiger partial charge in [-0.05, 0) is 43.0 Å². The molecule has 1 saturated carbocycles. The van der Waals surface area contributed by atoms with E-state index in [0.29, 0.717) is 0 Å². The first-order valence-corrected chi connectivity index (χ1v) is 8.42. The van der Waals surface area contributed by atoms with Gasteiger partial charge in [-0.15, -0.1) is 0 Å². The Morgan fingerprint density at radius 1 is 1.22 bits per heavy atom. The summed E-state index contributed by atoms with van der Waals surface area (Å²) < 4.78 is 41.0. The van der Waals surface area contributed by atoms with E-state index in [1.54, 1.807) is 0 Å². The number of benzene rings is 1. The predicted octanol–water partition coefficient (Wildman–Crippen LogP) is 3.63. The fraction of sp³-hybridized carbons (Fsp3) is 0.316. The van der Waals surface area contributed by atoms with Gasteiger partial charge in [0, 0.05) is 25.2 Å².